The molecule has 0 spiro atoms. The van der Waals surface area contributed by atoms with Gasteiger partial charge in [0.05, 0.1) is 5.92 Å². The Balaban J connectivity index is 1.73. The van der Waals surface area contributed by atoms with E-state index in [0.717, 1.165) is 4.47 Å². The lowest BCUT2D eigenvalue weighted by atomic mass is 10.1. The highest BCUT2D eigenvalue weighted by Crippen LogP contribution is 2.25. The van der Waals surface area contributed by atoms with E-state index in [1.165, 1.54) is 0 Å². The van der Waals surface area contributed by atoms with E-state index in [0.29, 0.717) is 25.0 Å². The Hall–Kier alpha value is -1.56. The van der Waals surface area contributed by atoms with Gasteiger partial charge in [0.25, 0.3) is 5.91 Å². The number of hydrogen-bond donors (Lipinski definition) is 2. The van der Waals surface area contributed by atoms with Crippen LogP contribution in [0.4, 0.5) is 0 Å². The van der Waals surface area contributed by atoms with Crippen LogP contribution >= 0.6 is 15.9 Å². The Morgan fingerprint density at radius 1 is 1.30 bits per heavy atom. The molecular formula is C14H16BrNO4. The maximum atomic E-state index is 11.7. The molecule has 0 aliphatic heterocycles. The fraction of sp³-hybridized carbons (Fsp3) is 0.429. The van der Waals surface area contributed by atoms with Crippen LogP contribution in [0.2, 0.25) is 0 Å². The molecule has 1 aromatic carbocycles. The number of rotatable bonds is 5. The van der Waals surface area contributed by atoms with Crippen LogP contribution in [0, 0.1) is 5.92 Å². The van der Waals surface area contributed by atoms with Crippen LogP contribution in [0.1, 0.15) is 19.3 Å². The number of carbonyl (C=O) groups excluding carboxylic acids is 1. The standard InChI is InChI=1S/C14H16BrNO4/c15-10-2-5-12(6-3-10)20-8-13(17)16-11-4-1-9(7-11)14(18)19/h2-3,5-6,9,11H,1,4,7-8H2,(H,16,17)(H,18,19)/t9-,11+/m0/s1. The molecule has 5 nitrogen and oxygen atoms in total. The second kappa shape index (κ2) is 6.74. The first-order valence-electron chi connectivity index (χ1n) is 6.45. The Kier molecular flexibility index (Phi) is 5.00. The predicted molar refractivity (Wildman–Crippen MR) is 76.5 cm³/mol. The maximum Gasteiger partial charge on any atom is 0.306 e. The molecule has 0 heterocycles. The van der Waals surface area contributed by atoms with Crippen molar-refractivity contribution in [3.05, 3.63) is 28.7 Å². The molecule has 108 valence electrons. The summed E-state index contributed by atoms with van der Waals surface area (Å²) < 4.78 is 6.30. The zero-order valence-corrected chi connectivity index (χ0v) is 12.4. The highest BCUT2D eigenvalue weighted by Gasteiger charge is 2.30. The quantitative estimate of drug-likeness (QED) is 0.860. The van der Waals surface area contributed by atoms with Crippen molar-refractivity contribution in [3.63, 3.8) is 0 Å². The third kappa shape index (κ3) is 4.23. The third-order valence-corrected chi connectivity index (χ3v) is 3.86. The van der Waals surface area contributed by atoms with Crippen molar-refractivity contribution >= 4 is 27.8 Å². The molecule has 6 heteroatoms. The normalized spacial score (nSPS) is 21.4. The van der Waals surface area contributed by atoms with Gasteiger partial charge < -0.3 is 15.2 Å². The lowest BCUT2D eigenvalue weighted by molar-refractivity contribution is -0.141. The molecule has 1 saturated carbocycles. The number of amides is 1. The zero-order chi connectivity index (χ0) is 14.5. The van der Waals surface area contributed by atoms with Gasteiger partial charge in [-0.1, -0.05) is 15.9 Å². The van der Waals surface area contributed by atoms with E-state index in [4.69, 9.17) is 9.84 Å². The van der Waals surface area contributed by atoms with Gasteiger partial charge in [0, 0.05) is 10.5 Å². The third-order valence-electron chi connectivity index (χ3n) is 3.33. The molecule has 2 atom stereocenters. The summed E-state index contributed by atoms with van der Waals surface area (Å²) in [5, 5.41) is 11.7. The van der Waals surface area contributed by atoms with Crippen molar-refractivity contribution in [1.29, 1.82) is 0 Å². The number of halogens is 1. The fourth-order valence-corrected chi connectivity index (χ4v) is 2.55. The van der Waals surface area contributed by atoms with E-state index in [1.807, 2.05) is 12.1 Å². The Labute approximate surface area is 125 Å². The van der Waals surface area contributed by atoms with Gasteiger partial charge in [0.2, 0.25) is 0 Å². The van der Waals surface area contributed by atoms with Crippen LogP contribution < -0.4 is 10.1 Å². The fourth-order valence-electron chi connectivity index (χ4n) is 2.29. The molecule has 20 heavy (non-hydrogen) atoms. The minimum Gasteiger partial charge on any atom is -0.484 e. The highest BCUT2D eigenvalue weighted by molar-refractivity contribution is 9.10. The van der Waals surface area contributed by atoms with Crippen molar-refractivity contribution < 1.29 is 19.4 Å². The minimum atomic E-state index is -0.784. The summed E-state index contributed by atoms with van der Waals surface area (Å²) in [5.41, 5.74) is 0. The van der Waals surface area contributed by atoms with Gasteiger partial charge >= 0.3 is 5.97 Å². The van der Waals surface area contributed by atoms with Crippen molar-refractivity contribution in [3.8, 4) is 5.75 Å². The monoisotopic (exact) mass is 341 g/mol. The van der Waals surface area contributed by atoms with Crippen LogP contribution in [-0.2, 0) is 9.59 Å². The number of hydrogen-bond acceptors (Lipinski definition) is 3. The summed E-state index contributed by atoms with van der Waals surface area (Å²) >= 11 is 3.32. The number of nitrogens with one attached hydrogen (secondary N) is 1. The molecule has 0 saturated heterocycles. The van der Waals surface area contributed by atoms with Crippen LogP contribution in [0.3, 0.4) is 0 Å². The SMILES string of the molecule is O=C(COc1ccc(Br)cc1)N[C@@H]1CC[C@H](C(=O)O)C1. The van der Waals surface area contributed by atoms with Crippen LogP contribution in [0.5, 0.6) is 5.75 Å². The number of carboxylic acids is 1. The maximum absolute atomic E-state index is 11.7. The van der Waals surface area contributed by atoms with Gasteiger partial charge in [0.1, 0.15) is 5.75 Å². The van der Waals surface area contributed by atoms with E-state index >= 15 is 0 Å². The van der Waals surface area contributed by atoms with Crippen LogP contribution in [0.15, 0.2) is 28.7 Å². The number of carbonyl (C=O) groups is 2. The van der Waals surface area contributed by atoms with Crippen molar-refractivity contribution in [2.24, 2.45) is 5.92 Å². The molecule has 1 aliphatic carbocycles. The first kappa shape index (κ1) is 14.8. The van der Waals surface area contributed by atoms with E-state index < -0.39 is 5.97 Å². The molecule has 0 aromatic heterocycles. The molecule has 0 bridgehead atoms. The number of carboxylic acid groups (broad SMARTS) is 1. The van der Waals surface area contributed by atoms with Crippen molar-refractivity contribution in [2.45, 2.75) is 25.3 Å². The average Bonchev–Trinajstić information content (AvgIpc) is 2.87. The zero-order valence-electron chi connectivity index (χ0n) is 10.8. The van der Waals surface area contributed by atoms with Gasteiger partial charge in [-0.2, -0.15) is 0 Å². The molecule has 1 amide bonds. The summed E-state index contributed by atoms with van der Waals surface area (Å²) in [6.45, 7) is -0.0597. The van der Waals surface area contributed by atoms with Crippen molar-refractivity contribution in [2.75, 3.05) is 6.61 Å². The summed E-state index contributed by atoms with van der Waals surface area (Å²) in [7, 11) is 0. The molecule has 1 aliphatic rings. The molecule has 0 unspecified atom stereocenters. The molecule has 2 N–H and O–H groups in total. The van der Waals surface area contributed by atoms with E-state index in [-0.39, 0.29) is 24.5 Å². The molecular weight excluding hydrogens is 326 g/mol. The summed E-state index contributed by atoms with van der Waals surface area (Å²) in [6.07, 6.45) is 1.83. The average molecular weight is 342 g/mol. The first-order valence-corrected chi connectivity index (χ1v) is 7.24. The van der Waals surface area contributed by atoms with Gasteiger partial charge in [-0.3, -0.25) is 9.59 Å². The van der Waals surface area contributed by atoms with Gasteiger partial charge in [-0.15, -0.1) is 0 Å². The van der Waals surface area contributed by atoms with Crippen LogP contribution in [0.25, 0.3) is 0 Å². The van der Waals surface area contributed by atoms with Gasteiger partial charge in [-0.25, -0.2) is 0 Å². The second-order valence-corrected chi connectivity index (χ2v) is 5.77. The largest absolute Gasteiger partial charge is 0.484 e. The predicted octanol–water partition coefficient (Wildman–Crippen LogP) is 2.20. The second-order valence-electron chi connectivity index (χ2n) is 4.86. The van der Waals surface area contributed by atoms with Gasteiger partial charge in [-0.05, 0) is 43.5 Å². The first-order chi connectivity index (χ1) is 9.54. The Morgan fingerprint density at radius 2 is 2.00 bits per heavy atom. The van der Waals surface area contributed by atoms with E-state index in [9.17, 15) is 9.59 Å². The summed E-state index contributed by atoms with van der Waals surface area (Å²) in [6, 6.07) is 7.15. The number of ether oxygens (including phenoxy) is 1. The van der Waals surface area contributed by atoms with E-state index in [2.05, 4.69) is 21.2 Å². The van der Waals surface area contributed by atoms with Crippen LogP contribution in [-0.4, -0.2) is 29.6 Å². The number of benzene rings is 1. The molecule has 2 rings (SSSR count). The van der Waals surface area contributed by atoms with Gasteiger partial charge in [0.15, 0.2) is 6.61 Å². The molecule has 1 aromatic rings. The number of aliphatic carboxylic acids is 1. The Morgan fingerprint density at radius 3 is 2.60 bits per heavy atom. The summed E-state index contributed by atoms with van der Waals surface area (Å²) in [4.78, 5) is 22.6. The smallest absolute Gasteiger partial charge is 0.306 e. The highest BCUT2D eigenvalue weighted by atomic mass is 79.9. The lowest BCUT2D eigenvalue weighted by Crippen LogP contribution is -2.36. The van der Waals surface area contributed by atoms with E-state index in [1.54, 1.807) is 12.1 Å². The molecule has 0 radical (unpaired) electrons. The molecule has 1 fully saturated rings. The minimum absolute atomic E-state index is 0.0582. The topological polar surface area (TPSA) is 75.6 Å². The lowest BCUT2D eigenvalue weighted by Gasteiger charge is -2.13. The Bertz CT molecular complexity index is 488. The van der Waals surface area contributed by atoms with Crippen molar-refractivity contribution in [1.82, 2.24) is 5.32 Å². The summed E-state index contributed by atoms with van der Waals surface area (Å²) in [5.74, 6) is -0.720.